The van der Waals surface area contributed by atoms with E-state index < -0.39 is 11.0 Å². The van der Waals surface area contributed by atoms with Gasteiger partial charge in [-0.1, -0.05) is 18.2 Å². The van der Waals surface area contributed by atoms with Crippen LogP contribution in [0.15, 0.2) is 42.5 Å². The molecule has 0 aromatic heterocycles. The van der Waals surface area contributed by atoms with E-state index in [1.54, 1.807) is 37.3 Å². The molecule has 5 nitrogen and oxygen atoms in total. The fourth-order valence-corrected chi connectivity index (χ4v) is 1.85. The van der Waals surface area contributed by atoms with E-state index >= 15 is 0 Å². The van der Waals surface area contributed by atoms with E-state index in [4.69, 9.17) is 4.74 Å². The van der Waals surface area contributed by atoms with Crippen molar-refractivity contribution in [2.45, 2.75) is 20.0 Å². The maximum absolute atomic E-state index is 10.8. The molecular weight excluding hydrogens is 258 g/mol. The Morgan fingerprint density at radius 3 is 2.55 bits per heavy atom. The van der Waals surface area contributed by atoms with Gasteiger partial charge in [-0.05, 0) is 31.5 Å². The van der Waals surface area contributed by atoms with Gasteiger partial charge in [-0.15, -0.1) is 0 Å². The van der Waals surface area contributed by atoms with Crippen LogP contribution in [0.3, 0.4) is 0 Å². The molecule has 0 aliphatic rings. The number of ether oxygens (including phenoxy) is 1. The Morgan fingerprint density at radius 1 is 1.20 bits per heavy atom. The Hall–Kier alpha value is -2.40. The predicted molar refractivity (Wildman–Crippen MR) is 75.0 cm³/mol. The second-order valence-corrected chi connectivity index (χ2v) is 4.52. The van der Waals surface area contributed by atoms with E-state index in [2.05, 4.69) is 0 Å². The van der Waals surface area contributed by atoms with Gasteiger partial charge in [0.15, 0.2) is 0 Å². The summed E-state index contributed by atoms with van der Waals surface area (Å²) >= 11 is 0. The summed E-state index contributed by atoms with van der Waals surface area (Å²) in [7, 11) is 0. The summed E-state index contributed by atoms with van der Waals surface area (Å²) in [6.45, 7) is 3.45. The lowest BCUT2D eigenvalue weighted by atomic mass is 10.1. The highest BCUT2D eigenvalue weighted by Gasteiger charge is 2.13. The quantitative estimate of drug-likeness (QED) is 0.680. The van der Waals surface area contributed by atoms with Crippen LogP contribution in [0, 0.1) is 17.0 Å². The predicted octanol–water partition coefficient (Wildman–Crippen LogP) is 3.75. The summed E-state index contributed by atoms with van der Waals surface area (Å²) in [4.78, 5) is 10.3. The first-order chi connectivity index (χ1) is 9.49. The lowest BCUT2D eigenvalue weighted by molar-refractivity contribution is -0.384. The summed E-state index contributed by atoms with van der Waals surface area (Å²) in [6.07, 6.45) is -0.676. The van der Waals surface area contributed by atoms with Gasteiger partial charge in [-0.25, -0.2) is 0 Å². The van der Waals surface area contributed by atoms with Gasteiger partial charge in [0.05, 0.1) is 17.1 Å². The van der Waals surface area contributed by atoms with Crippen LogP contribution in [-0.2, 0) is 0 Å². The van der Waals surface area contributed by atoms with E-state index in [-0.39, 0.29) is 5.69 Å². The number of hydrogen-bond donors (Lipinski definition) is 1. The molecule has 2 aromatic rings. The highest BCUT2D eigenvalue weighted by atomic mass is 16.6. The minimum absolute atomic E-state index is 0.0277. The van der Waals surface area contributed by atoms with Crippen molar-refractivity contribution in [3.8, 4) is 11.5 Å². The van der Waals surface area contributed by atoms with Gasteiger partial charge >= 0.3 is 0 Å². The van der Waals surface area contributed by atoms with Gasteiger partial charge in [-0.3, -0.25) is 10.1 Å². The molecule has 1 atom stereocenters. The molecule has 0 aliphatic carbocycles. The molecule has 0 spiro atoms. The van der Waals surface area contributed by atoms with Crippen molar-refractivity contribution < 1.29 is 14.8 Å². The average molecular weight is 273 g/mol. The Kier molecular flexibility index (Phi) is 4.00. The summed E-state index contributed by atoms with van der Waals surface area (Å²) in [5.74, 6) is 0.901. The summed E-state index contributed by atoms with van der Waals surface area (Å²) in [5.41, 5.74) is 1.40. The van der Waals surface area contributed by atoms with Crippen LogP contribution in [0.1, 0.15) is 24.2 Å². The van der Waals surface area contributed by atoms with Crippen LogP contribution in [0.2, 0.25) is 0 Å². The molecule has 2 aromatic carbocycles. The second kappa shape index (κ2) is 5.71. The molecule has 0 fully saturated rings. The van der Waals surface area contributed by atoms with Crippen molar-refractivity contribution in [1.29, 1.82) is 0 Å². The van der Waals surface area contributed by atoms with Crippen molar-refractivity contribution in [1.82, 2.24) is 0 Å². The smallest absolute Gasteiger partial charge is 0.273 e. The molecule has 20 heavy (non-hydrogen) atoms. The van der Waals surface area contributed by atoms with E-state index in [0.29, 0.717) is 17.1 Å². The number of hydrogen-bond acceptors (Lipinski definition) is 4. The minimum atomic E-state index is -0.676. The molecule has 104 valence electrons. The third-order valence-corrected chi connectivity index (χ3v) is 2.97. The first-order valence-corrected chi connectivity index (χ1v) is 6.19. The Balaban J connectivity index is 2.40. The molecule has 1 N–H and O–H groups in total. The molecule has 0 bridgehead atoms. The fraction of sp³-hybridized carbons (Fsp3) is 0.200. The van der Waals surface area contributed by atoms with E-state index in [0.717, 1.165) is 5.56 Å². The lowest BCUT2D eigenvalue weighted by Gasteiger charge is -2.14. The van der Waals surface area contributed by atoms with Gasteiger partial charge in [0.1, 0.15) is 11.5 Å². The molecule has 0 saturated carbocycles. The van der Waals surface area contributed by atoms with Crippen LogP contribution in [0.5, 0.6) is 11.5 Å². The average Bonchev–Trinajstić information content (AvgIpc) is 2.41. The largest absolute Gasteiger partial charge is 0.456 e. The number of nitro groups is 1. The number of nitrogens with zero attached hydrogens (tertiary/aromatic N) is 1. The molecule has 0 aliphatic heterocycles. The molecule has 0 saturated heterocycles. The lowest BCUT2D eigenvalue weighted by Crippen LogP contribution is -1.97. The molecule has 0 heterocycles. The number of para-hydroxylation sites is 1. The van der Waals surface area contributed by atoms with Crippen molar-refractivity contribution in [3.63, 3.8) is 0 Å². The zero-order chi connectivity index (χ0) is 14.7. The van der Waals surface area contributed by atoms with Crippen LogP contribution in [0.25, 0.3) is 0 Å². The van der Waals surface area contributed by atoms with Crippen LogP contribution in [-0.4, -0.2) is 10.0 Å². The standard InChI is InChI=1S/C15H15NO4/c1-10-7-8-12(16(18)19)9-15(10)20-14-6-4-3-5-13(14)11(2)17/h3-9,11,17H,1-2H3. The number of rotatable bonds is 4. The van der Waals surface area contributed by atoms with Gasteiger partial charge in [0.25, 0.3) is 5.69 Å². The molecule has 0 radical (unpaired) electrons. The number of aliphatic hydroxyl groups is 1. The second-order valence-electron chi connectivity index (χ2n) is 4.52. The third kappa shape index (κ3) is 2.95. The molecule has 2 rings (SSSR count). The number of aliphatic hydroxyl groups excluding tert-OH is 1. The van der Waals surface area contributed by atoms with E-state index in [1.807, 2.05) is 6.92 Å². The van der Waals surface area contributed by atoms with Gasteiger partial charge < -0.3 is 9.84 Å². The van der Waals surface area contributed by atoms with Crippen molar-refractivity contribution in [2.24, 2.45) is 0 Å². The highest BCUT2D eigenvalue weighted by Crippen LogP contribution is 2.32. The van der Waals surface area contributed by atoms with Gasteiger partial charge in [-0.2, -0.15) is 0 Å². The Labute approximate surface area is 116 Å². The van der Waals surface area contributed by atoms with E-state index in [1.165, 1.54) is 12.1 Å². The SMILES string of the molecule is Cc1ccc([N+](=O)[O-])cc1Oc1ccccc1C(C)O. The molecule has 0 amide bonds. The maximum atomic E-state index is 10.8. The summed E-state index contributed by atoms with van der Waals surface area (Å²) < 4.78 is 5.73. The van der Waals surface area contributed by atoms with Crippen LogP contribution >= 0.6 is 0 Å². The highest BCUT2D eigenvalue weighted by molar-refractivity contribution is 5.47. The number of aryl methyl sites for hydroxylation is 1. The van der Waals surface area contributed by atoms with Gasteiger partial charge in [0, 0.05) is 11.6 Å². The first-order valence-electron chi connectivity index (χ1n) is 6.19. The molecule has 5 heteroatoms. The first kappa shape index (κ1) is 14.0. The normalized spacial score (nSPS) is 11.9. The van der Waals surface area contributed by atoms with Crippen LogP contribution in [0.4, 0.5) is 5.69 Å². The van der Waals surface area contributed by atoms with Crippen molar-refractivity contribution in [2.75, 3.05) is 0 Å². The zero-order valence-electron chi connectivity index (χ0n) is 11.2. The number of nitro benzene ring substituents is 1. The van der Waals surface area contributed by atoms with E-state index in [9.17, 15) is 15.2 Å². The monoisotopic (exact) mass is 273 g/mol. The Morgan fingerprint density at radius 2 is 1.90 bits per heavy atom. The number of benzene rings is 2. The molecule has 1 unspecified atom stereocenters. The van der Waals surface area contributed by atoms with Crippen molar-refractivity contribution in [3.05, 3.63) is 63.7 Å². The van der Waals surface area contributed by atoms with Crippen LogP contribution < -0.4 is 4.74 Å². The Bertz CT molecular complexity index is 638. The minimum Gasteiger partial charge on any atom is -0.456 e. The summed E-state index contributed by atoms with van der Waals surface area (Å²) in [6, 6.07) is 11.5. The van der Waals surface area contributed by atoms with Crippen molar-refractivity contribution >= 4 is 5.69 Å². The number of non-ortho nitro benzene ring substituents is 1. The molecular formula is C15H15NO4. The maximum Gasteiger partial charge on any atom is 0.273 e. The topological polar surface area (TPSA) is 72.6 Å². The zero-order valence-corrected chi connectivity index (χ0v) is 11.2. The third-order valence-electron chi connectivity index (χ3n) is 2.97. The fourth-order valence-electron chi connectivity index (χ4n) is 1.85. The summed E-state index contributed by atoms with van der Waals surface area (Å²) in [5, 5.41) is 20.5. The van der Waals surface area contributed by atoms with Gasteiger partial charge in [0.2, 0.25) is 0 Å².